The van der Waals surface area contributed by atoms with Crippen molar-refractivity contribution in [2.24, 2.45) is 0 Å². The minimum Gasteiger partial charge on any atom is -0.488 e. The minimum atomic E-state index is 0.544. The molecule has 0 radical (unpaired) electrons. The Labute approximate surface area is 175 Å². The van der Waals surface area contributed by atoms with Gasteiger partial charge in [0.15, 0.2) is 0 Å². The molecule has 2 heterocycles. The molecule has 1 aliphatic carbocycles. The zero-order valence-corrected chi connectivity index (χ0v) is 16.9. The Bertz CT molecular complexity index is 1150. The molecule has 0 saturated carbocycles. The molecule has 0 amide bonds. The normalized spacial score (nSPS) is 13.1. The second kappa shape index (κ2) is 8.06. The van der Waals surface area contributed by atoms with Gasteiger partial charge in [0.05, 0.1) is 0 Å². The molecule has 5 rings (SSSR count). The summed E-state index contributed by atoms with van der Waals surface area (Å²) >= 11 is 0. The van der Waals surface area contributed by atoms with Crippen LogP contribution in [0.1, 0.15) is 35.4 Å². The number of tetrazole rings is 1. The van der Waals surface area contributed by atoms with E-state index in [1.165, 1.54) is 24.1 Å². The number of nitrogens with one attached hydrogen (secondary N) is 1. The SMILES string of the molecule is Cc1cc(OCc2ccc(-c3ccccc3-c3nn[nH]n3)cc2)c2c(n1)CCCC2. The van der Waals surface area contributed by atoms with Crippen LogP contribution in [0.2, 0.25) is 0 Å². The van der Waals surface area contributed by atoms with Crippen molar-refractivity contribution in [3.8, 4) is 28.3 Å². The highest BCUT2D eigenvalue weighted by atomic mass is 16.5. The molecule has 0 bridgehead atoms. The lowest BCUT2D eigenvalue weighted by Crippen LogP contribution is -2.09. The van der Waals surface area contributed by atoms with Gasteiger partial charge in [0.2, 0.25) is 5.82 Å². The van der Waals surface area contributed by atoms with Crippen molar-refractivity contribution in [3.05, 3.63) is 77.1 Å². The summed E-state index contributed by atoms with van der Waals surface area (Å²) in [5.41, 5.74) is 7.80. The fraction of sp³-hybridized carbons (Fsp3) is 0.250. The number of hydrogen-bond donors (Lipinski definition) is 1. The first-order valence-corrected chi connectivity index (χ1v) is 10.3. The quantitative estimate of drug-likeness (QED) is 0.528. The lowest BCUT2D eigenvalue weighted by Gasteiger charge is -2.19. The molecule has 0 aliphatic heterocycles. The maximum Gasteiger partial charge on any atom is 0.205 e. The minimum absolute atomic E-state index is 0.544. The summed E-state index contributed by atoms with van der Waals surface area (Å²) in [6, 6.07) is 18.6. The van der Waals surface area contributed by atoms with Crippen molar-refractivity contribution in [1.82, 2.24) is 25.6 Å². The van der Waals surface area contributed by atoms with E-state index in [2.05, 4.69) is 57.0 Å². The van der Waals surface area contributed by atoms with Gasteiger partial charge in [0.1, 0.15) is 12.4 Å². The first-order valence-electron chi connectivity index (χ1n) is 10.3. The van der Waals surface area contributed by atoms with Crippen LogP contribution < -0.4 is 4.74 Å². The Morgan fingerprint density at radius 2 is 1.77 bits per heavy atom. The van der Waals surface area contributed by atoms with E-state index in [0.29, 0.717) is 12.4 Å². The molecule has 0 saturated heterocycles. The molecule has 1 N–H and O–H groups in total. The highest BCUT2D eigenvalue weighted by molar-refractivity contribution is 5.80. The monoisotopic (exact) mass is 397 g/mol. The smallest absolute Gasteiger partial charge is 0.205 e. The average Bonchev–Trinajstić information content (AvgIpc) is 3.33. The second-order valence-corrected chi connectivity index (χ2v) is 7.66. The predicted molar refractivity (Wildman–Crippen MR) is 115 cm³/mol. The summed E-state index contributed by atoms with van der Waals surface area (Å²) in [4.78, 5) is 4.71. The Hall–Kier alpha value is -3.54. The van der Waals surface area contributed by atoms with Crippen LogP contribution in [0, 0.1) is 6.92 Å². The lowest BCUT2D eigenvalue weighted by molar-refractivity contribution is 0.300. The first kappa shape index (κ1) is 18.5. The molecular formula is C24H23N5O. The van der Waals surface area contributed by atoms with E-state index in [9.17, 15) is 0 Å². The summed E-state index contributed by atoms with van der Waals surface area (Å²) in [6.45, 7) is 2.58. The van der Waals surface area contributed by atoms with Crippen LogP contribution in [0.3, 0.4) is 0 Å². The summed E-state index contributed by atoms with van der Waals surface area (Å²) in [5.74, 6) is 1.58. The van der Waals surface area contributed by atoms with Gasteiger partial charge in [0.25, 0.3) is 0 Å². The molecule has 4 aromatic rings. The van der Waals surface area contributed by atoms with Gasteiger partial charge in [0, 0.05) is 28.6 Å². The Morgan fingerprint density at radius 3 is 2.57 bits per heavy atom. The molecule has 0 spiro atoms. The molecule has 2 aromatic carbocycles. The molecule has 30 heavy (non-hydrogen) atoms. The topological polar surface area (TPSA) is 76.6 Å². The summed E-state index contributed by atoms with van der Waals surface area (Å²) in [7, 11) is 0. The van der Waals surface area contributed by atoms with Crippen molar-refractivity contribution in [2.75, 3.05) is 0 Å². The number of aromatic amines is 1. The van der Waals surface area contributed by atoms with Gasteiger partial charge in [-0.05, 0) is 54.5 Å². The van der Waals surface area contributed by atoms with Crippen LogP contribution in [0.15, 0.2) is 54.6 Å². The number of ether oxygens (including phenoxy) is 1. The second-order valence-electron chi connectivity index (χ2n) is 7.66. The van der Waals surface area contributed by atoms with Gasteiger partial charge in [-0.25, -0.2) is 0 Å². The zero-order chi connectivity index (χ0) is 20.3. The summed E-state index contributed by atoms with van der Waals surface area (Å²) in [5, 5.41) is 14.4. The third kappa shape index (κ3) is 3.68. The number of nitrogens with zero attached hydrogens (tertiary/aromatic N) is 4. The van der Waals surface area contributed by atoms with Crippen molar-refractivity contribution in [2.45, 2.75) is 39.2 Å². The highest BCUT2D eigenvalue weighted by Crippen LogP contribution is 2.31. The molecule has 150 valence electrons. The van der Waals surface area contributed by atoms with Crippen LogP contribution in [-0.2, 0) is 19.4 Å². The van der Waals surface area contributed by atoms with Crippen molar-refractivity contribution in [3.63, 3.8) is 0 Å². The van der Waals surface area contributed by atoms with Gasteiger partial charge in [-0.15, -0.1) is 10.2 Å². The average molecular weight is 397 g/mol. The fourth-order valence-electron chi connectivity index (χ4n) is 4.08. The summed E-state index contributed by atoms with van der Waals surface area (Å²) in [6.07, 6.45) is 4.55. The number of aryl methyl sites for hydroxylation is 2. The van der Waals surface area contributed by atoms with Crippen LogP contribution in [0.25, 0.3) is 22.5 Å². The Balaban J connectivity index is 1.36. The number of hydrogen-bond acceptors (Lipinski definition) is 5. The number of H-pyrrole nitrogens is 1. The fourth-order valence-corrected chi connectivity index (χ4v) is 4.08. The molecule has 0 fully saturated rings. The Morgan fingerprint density at radius 1 is 0.967 bits per heavy atom. The van der Waals surface area contributed by atoms with E-state index in [1.54, 1.807) is 0 Å². The molecular weight excluding hydrogens is 374 g/mol. The molecule has 6 heteroatoms. The Kier molecular flexibility index (Phi) is 4.97. The van der Waals surface area contributed by atoms with E-state index in [-0.39, 0.29) is 0 Å². The van der Waals surface area contributed by atoms with Crippen LogP contribution >= 0.6 is 0 Å². The van der Waals surface area contributed by atoms with Gasteiger partial charge in [-0.1, -0.05) is 48.5 Å². The maximum absolute atomic E-state index is 6.23. The van der Waals surface area contributed by atoms with Gasteiger partial charge < -0.3 is 4.74 Å². The standard InChI is InChI=1S/C24H23N5O/c1-16-14-23(21-8-4-5-9-22(21)25-16)30-15-17-10-12-18(13-11-17)19-6-2-3-7-20(19)24-26-28-29-27-24/h2-3,6-7,10-14H,4-5,8-9,15H2,1H3,(H,26,27,28,29). The number of benzene rings is 2. The van der Waals surface area contributed by atoms with Crippen molar-refractivity contribution < 1.29 is 4.74 Å². The largest absolute Gasteiger partial charge is 0.488 e. The van der Waals surface area contributed by atoms with Gasteiger partial charge in [-0.3, -0.25) is 4.98 Å². The third-order valence-electron chi connectivity index (χ3n) is 5.56. The molecule has 0 atom stereocenters. The first-order chi connectivity index (χ1) is 14.8. The number of fused-ring (bicyclic) bond motifs is 1. The maximum atomic E-state index is 6.23. The molecule has 2 aromatic heterocycles. The molecule has 1 aliphatic rings. The van der Waals surface area contributed by atoms with Crippen molar-refractivity contribution in [1.29, 1.82) is 0 Å². The predicted octanol–water partition coefficient (Wildman–Crippen LogP) is 4.69. The zero-order valence-electron chi connectivity index (χ0n) is 16.9. The number of rotatable bonds is 5. The van der Waals surface area contributed by atoms with E-state index in [0.717, 1.165) is 46.5 Å². The number of aromatic nitrogens is 5. The highest BCUT2D eigenvalue weighted by Gasteiger charge is 2.17. The van der Waals surface area contributed by atoms with Crippen molar-refractivity contribution >= 4 is 0 Å². The number of pyridine rings is 1. The van der Waals surface area contributed by atoms with Crippen LogP contribution in [0.4, 0.5) is 0 Å². The summed E-state index contributed by atoms with van der Waals surface area (Å²) < 4.78 is 6.23. The lowest BCUT2D eigenvalue weighted by atomic mass is 9.95. The van der Waals surface area contributed by atoms with Gasteiger partial charge in [-0.2, -0.15) is 5.21 Å². The van der Waals surface area contributed by atoms with E-state index in [4.69, 9.17) is 9.72 Å². The third-order valence-corrected chi connectivity index (χ3v) is 5.56. The van der Waals surface area contributed by atoms with Crippen LogP contribution in [-0.4, -0.2) is 25.6 Å². The van der Waals surface area contributed by atoms with E-state index >= 15 is 0 Å². The van der Waals surface area contributed by atoms with E-state index < -0.39 is 0 Å². The molecule has 0 unspecified atom stereocenters. The van der Waals surface area contributed by atoms with E-state index in [1.807, 2.05) is 25.1 Å². The van der Waals surface area contributed by atoms with Gasteiger partial charge >= 0.3 is 0 Å². The molecule has 6 nitrogen and oxygen atoms in total. The van der Waals surface area contributed by atoms with Crippen LogP contribution in [0.5, 0.6) is 5.75 Å².